The van der Waals surface area contributed by atoms with Gasteiger partial charge in [0, 0.05) is 13.1 Å². The Morgan fingerprint density at radius 2 is 1.95 bits per heavy atom. The van der Waals surface area contributed by atoms with E-state index in [1.165, 1.54) is 12.8 Å². The molecule has 1 aromatic heterocycles. The molecular formula is C17H22N4O. The number of rotatable bonds is 4. The molecule has 0 saturated heterocycles. The summed E-state index contributed by atoms with van der Waals surface area (Å²) in [6.07, 6.45) is 6.10. The standard InChI is InChI=1S/C17H22N4O/c1-13(14-8-4-3-5-9-14)21(15-10-6-7-11-15)17(22)16-12-18-19-20(16)2/h3-5,8-9,12-13,15H,6-7,10-11H2,1-2H3. The number of hydrogen-bond donors (Lipinski definition) is 0. The van der Waals surface area contributed by atoms with Crippen molar-refractivity contribution in [1.29, 1.82) is 0 Å². The Morgan fingerprint density at radius 3 is 2.55 bits per heavy atom. The van der Waals surface area contributed by atoms with Gasteiger partial charge in [-0.2, -0.15) is 0 Å². The van der Waals surface area contributed by atoms with Crippen molar-refractivity contribution < 1.29 is 4.79 Å². The number of hydrogen-bond acceptors (Lipinski definition) is 3. The van der Waals surface area contributed by atoms with Crippen LogP contribution in [0.15, 0.2) is 36.5 Å². The van der Waals surface area contributed by atoms with Crippen LogP contribution in [0.5, 0.6) is 0 Å². The zero-order valence-corrected chi connectivity index (χ0v) is 13.1. The number of carbonyl (C=O) groups is 1. The van der Waals surface area contributed by atoms with Crippen molar-refractivity contribution in [3.05, 3.63) is 47.8 Å². The number of aryl methyl sites for hydroxylation is 1. The van der Waals surface area contributed by atoms with Crippen molar-refractivity contribution in [3.8, 4) is 0 Å². The molecule has 0 spiro atoms. The van der Waals surface area contributed by atoms with Crippen LogP contribution in [-0.4, -0.2) is 31.8 Å². The fourth-order valence-electron chi connectivity index (χ4n) is 3.35. The van der Waals surface area contributed by atoms with E-state index in [0.717, 1.165) is 18.4 Å². The molecule has 1 atom stereocenters. The second kappa shape index (κ2) is 6.30. The summed E-state index contributed by atoms with van der Waals surface area (Å²) in [5.74, 6) is 0.0238. The summed E-state index contributed by atoms with van der Waals surface area (Å²) in [4.78, 5) is 15.1. The molecule has 1 unspecified atom stereocenters. The Kier molecular flexibility index (Phi) is 4.22. The lowest BCUT2D eigenvalue weighted by atomic mass is 10.0. The van der Waals surface area contributed by atoms with Gasteiger partial charge < -0.3 is 4.90 Å². The molecule has 0 bridgehead atoms. The van der Waals surface area contributed by atoms with E-state index in [2.05, 4.69) is 29.4 Å². The van der Waals surface area contributed by atoms with Crippen LogP contribution in [0.4, 0.5) is 0 Å². The van der Waals surface area contributed by atoms with Crippen molar-refractivity contribution >= 4 is 5.91 Å². The molecule has 3 rings (SSSR count). The highest BCUT2D eigenvalue weighted by Gasteiger charge is 2.33. The van der Waals surface area contributed by atoms with Gasteiger partial charge in [0.15, 0.2) is 0 Å². The van der Waals surface area contributed by atoms with Crippen LogP contribution >= 0.6 is 0 Å². The van der Waals surface area contributed by atoms with Gasteiger partial charge in [-0.1, -0.05) is 48.4 Å². The number of nitrogens with zero attached hydrogens (tertiary/aromatic N) is 4. The first kappa shape index (κ1) is 14.8. The van der Waals surface area contributed by atoms with E-state index in [1.807, 2.05) is 23.1 Å². The van der Waals surface area contributed by atoms with Crippen LogP contribution < -0.4 is 0 Å². The molecule has 1 aromatic carbocycles. The zero-order valence-electron chi connectivity index (χ0n) is 13.1. The number of aromatic nitrogens is 3. The molecule has 0 N–H and O–H groups in total. The first-order chi connectivity index (χ1) is 10.7. The van der Waals surface area contributed by atoms with E-state index < -0.39 is 0 Å². The van der Waals surface area contributed by atoms with Crippen LogP contribution in [0.25, 0.3) is 0 Å². The van der Waals surface area contributed by atoms with E-state index in [1.54, 1.807) is 17.9 Å². The second-order valence-corrected chi connectivity index (χ2v) is 5.98. The highest BCUT2D eigenvalue weighted by Crippen LogP contribution is 2.32. The van der Waals surface area contributed by atoms with E-state index in [9.17, 15) is 4.79 Å². The summed E-state index contributed by atoms with van der Waals surface area (Å²) >= 11 is 0. The summed E-state index contributed by atoms with van der Waals surface area (Å²) in [5, 5.41) is 7.75. The van der Waals surface area contributed by atoms with Crippen molar-refractivity contribution in [3.63, 3.8) is 0 Å². The Bertz CT molecular complexity index is 631. The van der Waals surface area contributed by atoms with Crippen LogP contribution in [0.1, 0.15) is 54.7 Å². The van der Waals surface area contributed by atoms with Gasteiger partial charge in [-0.3, -0.25) is 4.79 Å². The molecule has 2 aromatic rings. The van der Waals surface area contributed by atoms with Gasteiger partial charge in [0.25, 0.3) is 5.91 Å². The molecule has 1 heterocycles. The van der Waals surface area contributed by atoms with Crippen molar-refractivity contribution in [2.75, 3.05) is 0 Å². The fraction of sp³-hybridized carbons (Fsp3) is 0.471. The Balaban J connectivity index is 1.93. The SMILES string of the molecule is CC(c1ccccc1)N(C(=O)c1cnnn1C)C1CCCC1. The van der Waals surface area contributed by atoms with Crippen molar-refractivity contribution in [2.24, 2.45) is 7.05 Å². The maximum absolute atomic E-state index is 13.1. The number of amides is 1. The molecule has 5 nitrogen and oxygen atoms in total. The molecule has 1 aliphatic rings. The number of carbonyl (C=O) groups excluding carboxylic acids is 1. The van der Waals surface area contributed by atoms with Crippen molar-refractivity contribution in [1.82, 2.24) is 19.9 Å². The highest BCUT2D eigenvalue weighted by atomic mass is 16.2. The van der Waals surface area contributed by atoms with Crippen LogP contribution in [0.2, 0.25) is 0 Å². The minimum atomic E-state index is 0.0238. The Morgan fingerprint density at radius 1 is 1.27 bits per heavy atom. The van der Waals surface area contributed by atoms with Crippen LogP contribution in [0, 0.1) is 0 Å². The van der Waals surface area contributed by atoms with Crippen LogP contribution in [0.3, 0.4) is 0 Å². The van der Waals surface area contributed by atoms with Gasteiger partial charge in [-0.15, -0.1) is 5.10 Å². The Labute approximate surface area is 130 Å². The quantitative estimate of drug-likeness (QED) is 0.872. The molecule has 116 valence electrons. The normalized spacial score (nSPS) is 16.6. The van der Waals surface area contributed by atoms with Gasteiger partial charge in [-0.25, -0.2) is 4.68 Å². The first-order valence-corrected chi connectivity index (χ1v) is 7.91. The molecule has 22 heavy (non-hydrogen) atoms. The maximum Gasteiger partial charge on any atom is 0.274 e. The molecule has 1 fully saturated rings. The molecule has 1 amide bonds. The largest absolute Gasteiger partial charge is 0.328 e. The lowest BCUT2D eigenvalue weighted by Crippen LogP contribution is -2.41. The minimum Gasteiger partial charge on any atom is -0.328 e. The third-order valence-corrected chi connectivity index (χ3v) is 4.59. The van der Waals surface area contributed by atoms with Gasteiger partial charge >= 0.3 is 0 Å². The summed E-state index contributed by atoms with van der Waals surface area (Å²) in [5.41, 5.74) is 1.72. The Hall–Kier alpha value is -2.17. The van der Waals surface area contributed by atoms with E-state index >= 15 is 0 Å². The predicted octanol–water partition coefficient (Wildman–Crippen LogP) is 2.96. The molecule has 0 radical (unpaired) electrons. The lowest BCUT2D eigenvalue weighted by Gasteiger charge is -2.34. The van der Waals surface area contributed by atoms with Gasteiger partial charge in [0.1, 0.15) is 5.69 Å². The van der Waals surface area contributed by atoms with E-state index in [4.69, 9.17) is 0 Å². The number of benzene rings is 1. The summed E-state index contributed by atoms with van der Waals surface area (Å²) in [6, 6.07) is 10.6. The smallest absolute Gasteiger partial charge is 0.274 e. The van der Waals surface area contributed by atoms with E-state index in [-0.39, 0.29) is 11.9 Å². The molecule has 1 aliphatic carbocycles. The monoisotopic (exact) mass is 298 g/mol. The van der Waals surface area contributed by atoms with Gasteiger partial charge in [0.2, 0.25) is 0 Å². The predicted molar refractivity (Wildman–Crippen MR) is 84.3 cm³/mol. The van der Waals surface area contributed by atoms with E-state index in [0.29, 0.717) is 11.7 Å². The third-order valence-electron chi connectivity index (χ3n) is 4.59. The lowest BCUT2D eigenvalue weighted by molar-refractivity contribution is 0.0581. The topological polar surface area (TPSA) is 51.0 Å². The summed E-state index contributed by atoms with van der Waals surface area (Å²) in [6.45, 7) is 2.11. The summed E-state index contributed by atoms with van der Waals surface area (Å²) < 4.78 is 1.56. The average molecular weight is 298 g/mol. The molecular weight excluding hydrogens is 276 g/mol. The maximum atomic E-state index is 13.1. The van der Waals surface area contributed by atoms with Gasteiger partial charge in [0.05, 0.1) is 12.2 Å². The second-order valence-electron chi connectivity index (χ2n) is 5.98. The molecule has 0 aliphatic heterocycles. The summed E-state index contributed by atoms with van der Waals surface area (Å²) in [7, 11) is 1.76. The fourth-order valence-corrected chi connectivity index (χ4v) is 3.35. The molecule has 1 saturated carbocycles. The molecule has 5 heteroatoms. The van der Waals surface area contributed by atoms with Crippen LogP contribution in [-0.2, 0) is 7.05 Å². The third kappa shape index (κ3) is 2.75. The van der Waals surface area contributed by atoms with Crippen molar-refractivity contribution in [2.45, 2.75) is 44.7 Å². The van der Waals surface area contributed by atoms with Gasteiger partial charge in [-0.05, 0) is 25.3 Å². The minimum absolute atomic E-state index is 0.0238. The highest BCUT2D eigenvalue weighted by molar-refractivity contribution is 5.92. The first-order valence-electron chi connectivity index (χ1n) is 7.91. The zero-order chi connectivity index (χ0) is 15.5. The average Bonchev–Trinajstić information content (AvgIpc) is 3.20.